The van der Waals surface area contributed by atoms with E-state index >= 15 is 0 Å². The molecule has 1 aliphatic rings. The molecule has 3 nitrogen and oxygen atoms in total. The van der Waals surface area contributed by atoms with Gasteiger partial charge in [-0.1, -0.05) is 17.7 Å². The molecule has 2 rings (SSSR count). The minimum absolute atomic E-state index is 0.172. The van der Waals surface area contributed by atoms with Crippen molar-refractivity contribution in [2.45, 2.75) is 13.3 Å². The molecule has 0 fully saturated rings. The van der Waals surface area contributed by atoms with Crippen LogP contribution in [0.4, 0.5) is 5.82 Å². The van der Waals surface area contributed by atoms with Crippen molar-refractivity contribution in [2.24, 2.45) is 0 Å². The van der Waals surface area contributed by atoms with Crippen molar-refractivity contribution < 1.29 is 0 Å². The zero-order valence-corrected chi connectivity index (χ0v) is 8.45. The molecule has 5 heteroatoms. The Balaban J connectivity index is 2.52. The van der Waals surface area contributed by atoms with Crippen molar-refractivity contribution in [3.8, 4) is 0 Å². The van der Waals surface area contributed by atoms with E-state index in [9.17, 15) is 0 Å². The molecular weight excluding hydrogens is 209 g/mol. The van der Waals surface area contributed by atoms with Crippen LogP contribution >= 0.6 is 23.2 Å². The first-order valence-electron chi connectivity index (χ1n) is 3.82. The monoisotopic (exact) mass is 215 g/mol. The van der Waals surface area contributed by atoms with Crippen molar-refractivity contribution in [3.63, 3.8) is 0 Å². The maximum absolute atomic E-state index is 5.89. The van der Waals surface area contributed by atoms with E-state index < -0.39 is 0 Å². The number of nitrogens with one attached hydrogen (secondary N) is 1. The molecule has 0 aromatic carbocycles. The minimum Gasteiger partial charge on any atom is -0.344 e. The Morgan fingerprint density at radius 1 is 1.38 bits per heavy atom. The maximum Gasteiger partial charge on any atom is 0.225 e. The van der Waals surface area contributed by atoms with E-state index in [1.807, 2.05) is 13.0 Å². The number of anilines is 1. The molecule has 0 aliphatic carbocycles. The number of hydrogen-bond donors (Lipinski definition) is 1. The van der Waals surface area contributed by atoms with E-state index in [-0.39, 0.29) is 5.28 Å². The molecule has 13 heavy (non-hydrogen) atoms. The summed E-state index contributed by atoms with van der Waals surface area (Å²) in [5.41, 5.74) is 1.95. The lowest BCUT2D eigenvalue weighted by molar-refractivity contribution is 1.05. The molecule has 0 spiro atoms. The highest BCUT2D eigenvalue weighted by Crippen LogP contribution is 2.27. The highest BCUT2D eigenvalue weighted by Gasteiger charge is 2.14. The summed E-state index contributed by atoms with van der Waals surface area (Å²) in [6.07, 6.45) is 2.79. The first-order chi connectivity index (χ1) is 6.16. The zero-order chi connectivity index (χ0) is 9.42. The van der Waals surface area contributed by atoms with Crippen LogP contribution in [0.3, 0.4) is 0 Å². The van der Waals surface area contributed by atoms with Crippen LogP contribution in [-0.2, 0) is 6.42 Å². The van der Waals surface area contributed by atoms with Gasteiger partial charge < -0.3 is 5.32 Å². The molecule has 1 aromatic rings. The third kappa shape index (κ3) is 1.62. The van der Waals surface area contributed by atoms with Gasteiger partial charge in [0.25, 0.3) is 0 Å². The smallest absolute Gasteiger partial charge is 0.225 e. The normalized spacial score (nSPS) is 14.5. The number of nitrogens with zero attached hydrogens (tertiary/aromatic N) is 2. The lowest BCUT2D eigenvalue weighted by Crippen LogP contribution is -2.09. The summed E-state index contributed by atoms with van der Waals surface area (Å²) in [6, 6.07) is 0. The van der Waals surface area contributed by atoms with Crippen LogP contribution in [0.15, 0.2) is 11.8 Å². The summed E-state index contributed by atoms with van der Waals surface area (Å²) < 4.78 is 0. The van der Waals surface area contributed by atoms with Crippen LogP contribution in [0.1, 0.15) is 12.5 Å². The Hall–Kier alpha value is -0.800. The standard InChI is InChI=1S/C8H7Cl2N3/c1-4-2-3-5-6(9)12-8(10)13-7(5)11-4/h2H,3H2,1H3,(H,11,12,13). The summed E-state index contributed by atoms with van der Waals surface area (Å²) in [5.74, 6) is 0.713. The highest BCUT2D eigenvalue weighted by molar-refractivity contribution is 6.32. The van der Waals surface area contributed by atoms with Gasteiger partial charge in [0.1, 0.15) is 11.0 Å². The Morgan fingerprint density at radius 2 is 2.15 bits per heavy atom. The molecule has 0 saturated heterocycles. The van der Waals surface area contributed by atoms with Crippen LogP contribution in [0, 0.1) is 0 Å². The summed E-state index contributed by atoms with van der Waals surface area (Å²) in [5, 5.41) is 3.68. The van der Waals surface area contributed by atoms with Crippen molar-refractivity contribution in [3.05, 3.63) is 27.8 Å². The maximum atomic E-state index is 5.89. The number of halogens is 2. The minimum atomic E-state index is 0.172. The molecule has 0 atom stereocenters. The number of rotatable bonds is 0. The fourth-order valence-corrected chi connectivity index (χ4v) is 1.67. The molecule has 2 heterocycles. The van der Waals surface area contributed by atoms with Gasteiger partial charge in [-0.2, -0.15) is 0 Å². The summed E-state index contributed by atoms with van der Waals surface area (Å²) in [6.45, 7) is 1.97. The average Bonchev–Trinajstić information content (AvgIpc) is 2.02. The van der Waals surface area contributed by atoms with E-state index in [4.69, 9.17) is 23.2 Å². The topological polar surface area (TPSA) is 37.8 Å². The van der Waals surface area contributed by atoms with E-state index in [2.05, 4.69) is 15.3 Å². The van der Waals surface area contributed by atoms with E-state index in [1.54, 1.807) is 0 Å². The lowest BCUT2D eigenvalue weighted by Gasteiger charge is -2.16. The van der Waals surface area contributed by atoms with Crippen LogP contribution in [-0.4, -0.2) is 9.97 Å². The van der Waals surface area contributed by atoms with Gasteiger partial charge >= 0.3 is 0 Å². The van der Waals surface area contributed by atoms with Crippen molar-refractivity contribution in [1.29, 1.82) is 0 Å². The predicted molar refractivity (Wildman–Crippen MR) is 53.1 cm³/mol. The van der Waals surface area contributed by atoms with Crippen LogP contribution in [0.25, 0.3) is 0 Å². The molecule has 1 aliphatic heterocycles. The Kier molecular flexibility index (Phi) is 2.14. The largest absolute Gasteiger partial charge is 0.344 e. The second kappa shape index (κ2) is 3.16. The van der Waals surface area contributed by atoms with Gasteiger partial charge in [0.2, 0.25) is 5.28 Å². The summed E-state index contributed by atoms with van der Waals surface area (Å²) >= 11 is 11.6. The lowest BCUT2D eigenvalue weighted by atomic mass is 10.1. The molecule has 0 amide bonds. The predicted octanol–water partition coefficient (Wildman–Crippen LogP) is 2.66. The molecule has 0 radical (unpaired) electrons. The van der Waals surface area contributed by atoms with Gasteiger partial charge in [0.15, 0.2) is 0 Å². The summed E-state index contributed by atoms with van der Waals surface area (Å²) in [7, 11) is 0. The van der Waals surface area contributed by atoms with Gasteiger partial charge in [-0.05, 0) is 24.9 Å². The van der Waals surface area contributed by atoms with Gasteiger partial charge in [0, 0.05) is 11.3 Å². The van der Waals surface area contributed by atoms with Crippen molar-refractivity contribution in [1.82, 2.24) is 9.97 Å². The van der Waals surface area contributed by atoms with Crippen molar-refractivity contribution in [2.75, 3.05) is 5.32 Å². The molecule has 0 saturated carbocycles. The molecule has 0 bridgehead atoms. The van der Waals surface area contributed by atoms with Crippen LogP contribution in [0.2, 0.25) is 10.4 Å². The average molecular weight is 216 g/mol. The van der Waals surface area contributed by atoms with Gasteiger partial charge in [-0.3, -0.25) is 0 Å². The fraction of sp³-hybridized carbons (Fsp3) is 0.250. The SMILES string of the molecule is CC1=CCc2c(Cl)nc(Cl)nc2N1. The van der Waals surface area contributed by atoms with Crippen LogP contribution in [0.5, 0.6) is 0 Å². The quantitative estimate of drug-likeness (QED) is 0.535. The van der Waals surface area contributed by atoms with E-state index in [0.29, 0.717) is 11.0 Å². The Labute approximate surface area is 85.8 Å². The van der Waals surface area contributed by atoms with Crippen molar-refractivity contribution >= 4 is 29.0 Å². The molecule has 1 N–H and O–H groups in total. The number of hydrogen-bond acceptors (Lipinski definition) is 3. The number of aromatic nitrogens is 2. The van der Waals surface area contributed by atoms with E-state index in [0.717, 1.165) is 17.7 Å². The number of allylic oxidation sites excluding steroid dienone is 2. The fourth-order valence-electron chi connectivity index (χ4n) is 1.21. The van der Waals surface area contributed by atoms with E-state index in [1.165, 1.54) is 0 Å². The summed E-state index contributed by atoms with van der Waals surface area (Å²) in [4.78, 5) is 7.91. The Morgan fingerprint density at radius 3 is 2.92 bits per heavy atom. The van der Waals surface area contributed by atoms with Gasteiger partial charge in [-0.25, -0.2) is 9.97 Å². The molecular formula is C8H7Cl2N3. The molecule has 1 aromatic heterocycles. The van der Waals surface area contributed by atoms with Gasteiger partial charge in [-0.15, -0.1) is 0 Å². The third-order valence-corrected chi connectivity index (χ3v) is 2.34. The second-order valence-electron chi connectivity index (χ2n) is 2.83. The highest BCUT2D eigenvalue weighted by atomic mass is 35.5. The van der Waals surface area contributed by atoms with Crippen LogP contribution < -0.4 is 5.32 Å². The zero-order valence-electron chi connectivity index (χ0n) is 6.93. The molecule has 0 unspecified atom stereocenters. The molecule has 68 valence electrons. The first kappa shape index (κ1) is 8.78. The first-order valence-corrected chi connectivity index (χ1v) is 4.58. The number of fused-ring (bicyclic) bond motifs is 1. The third-order valence-electron chi connectivity index (χ3n) is 1.86. The van der Waals surface area contributed by atoms with Gasteiger partial charge in [0.05, 0.1) is 0 Å². The second-order valence-corrected chi connectivity index (χ2v) is 3.52. The Bertz CT molecular complexity index is 387.